The molecule has 0 N–H and O–H groups in total. The Morgan fingerprint density at radius 2 is 1.70 bits per heavy atom. The van der Waals surface area contributed by atoms with Gasteiger partial charge in [0, 0.05) is 17.5 Å². The van der Waals surface area contributed by atoms with Gasteiger partial charge < -0.3 is 0 Å². The molecule has 1 aliphatic rings. The molecule has 2 aromatic heterocycles. The zero-order chi connectivity index (χ0) is 13.4. The lowest BCUT2D eigenvalue weighted by atomic mass is 9.88. The molecule has 1 aliphatic carbocycles. The van der Waals surface area contributed by atoms with Crippen molar-refractivity contribution in [1.82, 2.24) is 9.97 Å². The van der Waals surface area contributed by atoms with Gasteiger partial charge in [-0.05, 0) is 48.9 Å². The Bertz CT molecular complexity index is 763. The molecule has 0 amide bonds. The number of hydrogen-bond donors (Lipinski definition) is 0. The molecule has 0 saturated heterocycles. The fourth-order valence-corrected chi connectivity index (χ4v) is 3.17. The zero-order valence-corrected chi connectivity index (χ0v) is 11.3. The highest BCUT2D eigenvalue weighted by Crippen LogP contribution is 2.35. The first-order valence-corrected chi connectivity index (χ1v) is 7.25. The van der Waals surface area contributed by atoms with Gasteiger partial charge in [0.2, 0.25) is 0 Å². The van der Waals surface area contributed by atoms with Crippen LogP contribution in [-0.2, 0) is 12.8 Å². The minimum absolute atomic E-state index is 1.02. The molecule has 3 aromatic rings. The Kier molecular flexibility index (Phi) is 2.73. The molecular formula is C18H16N2. The molecule has 1 aromatic carbocycles. The van der Waals surface area contributed by atoms with E-state index in [1.54, 1.807) is 0 Å². The molecule has 4 rings (SSSR count). The highest BCUT2D eigenvalue weighted by atomic mass is 14.8. The molecule has 2 nitrogen and oxygen atoms in total. The lowest BCUT2D eigenvalue weighted by Gasteiger charge is -2.20. The molecule has 2 heterocycles. The largest absolute Gasteiger partial charge is 0.254 e. The van der Waals surface area contributed by atoms with Gasteiger partial charge >= 0.3 is 0 Å². The van der Waals surface area contributed by atoms with Crippen molar-refractivity contribution in [2.75, 3.05) is 0 Å². The van der Waals surface area contributed by atoms with Crippen LogP contribution in [0, 0.1) is 0 Å². The summed E-state index contributed by atoms with van der Waals surface area (Å²) >= 11 is 0. The monoisotopic (exact) mass is 260 g/mol. The van der Waals surface area contributed by atoms with Crippen molar-refractivity contribution >= 4 is 11.0 Å². The van der Waals surface area contributed by atoms with Crippen LogP contribution in [0.3, 0.4) is 0 Å². The van der Waals surface area contributed by atoms with E-state index in [1.807, 2.05) is 12.3 Å². The molecular weight excluding hydrogens is 244 g/mol. The second-order valence-electron chi connectivity index (χ2n) is 5.36. The van der Waals surface area contributed by atoms with Gasteiger partial charge in [0.25, 0.3) is 0 Å². The maximum absolute atomic E-state index is 4.84. The summed E-state index contributed by atoms with van der Waals surface area (Å²) in [5.74, 6) is 0. The van der Waals surface area contributed by atoms with Gasteiger partial charge in [0.15, 0.2) is 0 Å². The Morgan fingerprint density at radius 3 is 2.60 bits per heavy atom. The first kappa shape index (κ1) is 11.6. The van der Waals surface area contributed by atoms with E-state index in [1.165, 1.54) is 35.2 Å². The minimum Gasteiger partial charge on any atom is -0.254 e. The molecule has 0 unspecified atom stereocenters. The van der Waals surface area contributed by atoms with Crippen LogP contribution >= 0.6 is 0 Å². The van der Waals surface area contributed by atoms with Crippen LogP contribution in [0.1, 0.15) is 24.1 Å². The summed E-state index contributed by atoms with van der Waals surface area (Å²) in [6.45, 7) is 0. The lowest BCUT2D eigenvalue weighted by Crippen LogP contribution is -2.08. The zero-order valence-electron chi connectivity index (χ0n) is 11.3. The van der Waals surface area contributed by atoms with Gasteiger partial charge in [-0.1, -0.05) is 30.3 Å². The Morgan fingerprint density at radius 1 is 0.850 bits per heavy atom. The van der Waals surface area contributed by atoms with Gasteiger partial charge in [0.05, 0.1) is 11.0 Å². The summed E-state index contributed by atoms with van der Waals surface area (Å²) in [5, 5.41) is 0. The predicted octanol–water partition coefficient (Wildman–Crippen LogP) is 4.18. The van der Waals surface area contributed by atoms with Crippen LogP contribution in [0.25, 0.3) is 22.2 Å². The summed E-state index contributed by atoms with van der Waals surface area (Å²) in [6, 6.07) is 14.7. The number of nitrogens with zero attached hydrogens (tertiary/aromatic N) is 2. The summed E-state index contributed by atoms with van der Waals surface area (Å²) < 4.78 is 0. The molecule has 0 fully saturated rings. The van der Waals surface area contributed by atoms with Crippen molar-refractivity contribution in [1.29, 1.82) is 0 Å². The van der Waals surface area contributed by atoms with Crippen LogP contribution in [0.15, 0.2) is 48.7 Å². The molecule has 0 aliphatic heterocycles. The topological polar surface area (TPSA) is 25.8 Å². The molecule has 0 spiro atoms. The summed E-state index contributed by atoms with van der Waals surface area (Å²) in [6.07, 6.45) is 6.59. The number of aromatic nitrogens is 2. The van der Waals surface area contributed by atoms with Crippen molar-refractivity contribution in [2.45, 2.75) is 25.7 Å². The van der Waals surface area contributed by atoms with Crippen LogP contribution in [-0.4, -0.2) is 9.97 Å². The van der Waals surface area contributed by atoms with Crippen LogP contribution in [0.2, 0.25) is 0 Å². The van der Waals surface area contributed by atoms with Crippen LogP contribution in [0.5, 0.6) is 0 Å². The molecule has 20 heavy (non-hydrogen) atoms. The fourth-order valence-electron chi connectivity index (χ4n) is 3.17. The van der Waals surface area contributed by atoms with Crippen LogP contribution in [0.4, 0.5) is 0 Å². The van der Waals surface area contributed by atoms with Gasteiger partial charge in [-0.25, -0.2) is 0 Å². The van der Waals surface area contributed by atoms with Crippen molar-refractivity contribution in [2.24, 2.45) is 0 Å². The van der Waals surface area contributed by atoms with Gasteiger partial charge in [0.1, 0.15) is 0 Å². The first-order valence-electron chi connectivity index (χ1n) is 7.25. The molecule has 0 atom stereocenters. The SMILES string of the molecule is c1ccc(-c2c3c(nc4cccnc24)CCCC3)cc1. The second kappa shape index (κ2) is 4.71. The summed E-state index contributed by atoms with van der Waals surface area (Å²) in [7, 11) is 0. The number of fused-ring (bicyclic) bond motifs is 2. The average molecular weight is 260 g/mol. The van der Waals surface area contributed by atoms with E-state index >= 15 is 0 Å². The van der Waals surface area contributed by atoms with E-state index < -0.39 is 0 Å². The number of pyridine rings is 2. The van der Waals surface area contributed by atoms with E-state index in [0.717, 1.165) is 23.9 Å². The van der Waals surface area contributed by atoms with Crippen molar-refractivity contribution < 1.29 is 0 Å². The highest BCUT2D eigenvalue weighted by molar-refractivity contribution is 5.93. The molecule has 98 valence electrons. The average Bonchev–Trinajstić information content (AvgIpc) is 2.53. The second-order valence-corrected chi connectivity index (χ2v) is 5.36. The third kappa shape index (κ3) is 1.80. The molecule has 0 saturated carbocycles. The summed E-state index contributed by atoms with van der Waals surface area (Å²) in [4.78, 5) is 9.44. The predicted molar refractivity (Wildman–Crippen MR) is 81.6 cm³/mol. The Hall–Kier alpha value is -2.22. The van der Waals surface area contributed by atoms with Crippen molar-refractivity contribution in [3.63, 3.8) is 0 Å². The molecule has 0 bridgehead atoms. The van der Waals surface area contributed by atoms with E-state index in [4.69, 9.17) is 4.98 Å². The fraction of sp³-hybridized carbons (Fsp3) is 0.222. The van der Waals surface area contributed by atoms with E-state index in [2.05, 4.69) is 41.4 Å². The number of aryl methyl sites for hydroxylation is 1. The van der Waals surface area contributed by atoms with E-state index in [0.29, 0.717) is 0 Å². The van der Waals surface area contributed by atoms with Crippen molar-refractivity contribution in [3.8, 4) is 11.1 Å². The van der Waals surface area contributed by atoms with Crippen LogP contribution < -0.4 is 0 Å². The minimum atomic E-state index is 1.02. The number of rotatable bonds is 1. The number of hydrogen-bond acceptors (Lipinski definition) is 2. The highest BCUT2D eigenvalue weighted by Gasteiger charge is 2.19. The van der Waals surface area contributed by atoms with Gasteiger partial charge in [-0.15, -0.1) is 0 Å². The molecule has 2 heteroatoms. The Balaban J connectivity index is 2.10. The Labute approximate surface area is 118 Å². The summed E-state index contributed by atoms with van der Waals surface area (Å²) in [5.41, 5.74) is 7.30. The normalized spacial score (nSPS) is 14.2. The van der Waals surface area contributed by atoms with E-state index in [-0.39, 0.29) is 0 Å². The van der Waals surface area contributed by atoms with E-state index in [9.17, 15) is 0 Å². The maximum atomic E-state index is 4.84. The third-order valence-corrected chi connectivity index (χ3v) is 4.08. The number of benzene rings is 1. The smallest absolute Gasteiger partial charge is 0.0967 e. The van der Waals surface area contributed by atoms with Gasteiger partial charge in [-0.2, -0.15) is 0 Å². The standard InChI is InChI=1S/C18H16N2/c1-2-7-13(8-3-1)17-14-9-4-5-10-15(14)20-16-11-6-12-19-18(16)17/h1-3,6-8,11-12H,4-5,9-10H2. The molecule has 0 radical (unpaired) electrons. The lowest BCUT2D eigenvalue weighted by molar-refractivity contribution is 0.672. The maximum Gasteiger partial charge on any atom is 0.0967 e. The third-order valence-electron chi connectivity index (χ3n) is 4.08. The van der Waals surface area contributed by atoms with Gasteiger partial charge in [-0.3, -0.25) is 9.97 Å². The quantitative estimate of drug-likeness (QED) is 0.656. The first-order chi connectivity index (χ1) is 9.93. The van der Waals surface area contributed by atoms with Crippen molar-refractivity contribution in [3.05, 3.63) is 59.9 Å².